The zero-order chi connectivity index (χ0) is 22.7. The minimum absolute atomic E-state index is 0.108. The Morgan fingerprint density at radius 2 is 1.61 bits per heavy atom. The molecule has 11 heteroatoms. The van der Waals surface area contributed by atoms with Crippen molar-refractivity contribution in [1.82, 2.24) is 19.1 Å². The summed E-state index contributed by atoms with van der Waals surface area (Å²) in [5.41, 5.74) is -0.383. The Morgan fingerprint density at radius 1 is 0.903 bits per heavy atom. The van der Waals surface area contributed by atoms with Crippen LogP contribution in [0.5, 0.6) is 0 Å². The molecule has 3 aromatic heterocycles. The molecule has 0 spiro atoms. The van der Waals surface area contributed by atoms with E-state index in [-0.39, 0.29) is 5.52 Å². The normalized spacial score (nSPS) is 12.9. The van der Waals surface area contributed by atoms with Crippen LogP contribution in [0.2, 0.25) is 0 Å². The summed E-state index contributed by atoms with van der Waals surface area (Å²) < 4.78 is 81.8. The molecule has 1 aromatic carbocycles. The quantitative estimate of drug-likeness (QED) is 0.268. The minimum atomic E-state index is -4.61. The Balaban J connectivity index is 1.97. The summed E-state index contributed by atoms with van der Waals surface area (Å²) in [6.45, 7) is 1.90. The molecular weight excluding hydrogens is 442 g/mol. The van der Waals surface area contributed by atoms with Gasteiger partial charge < -0.3 is 9.13 Å². The summed E-state index contributed by atoms with van der Waals surface area (Å²) in [5.74, 6) is 1.00. The summed E-state index contributed by atoms with van der Waals surface area (Å²) >= 11 is 1.42. The molecule has 0 saturated carbocycles. The molecule has 0 N–H and O–H groups in total. The molecule has 0 atom stereocenters. The molecule has 0 bridgehead atoms. The number of rotatable bonds is 3. The molecule has 4 nitrogen and oxygen atoms in total. The highest BCUT2D eigenvalue weighted by Crippen LogP contribution is 2.40. The molecule has 0 fully saturated rings. The molecular formula is C20H16F6N4S. The van der Waals surface area contributed by atoms with E-state index in [1.165, 1.54) is 18.8 Å². The number of thioether (sulfide) groups is 1. The molecule has 0 aliphatic carbocycles. The number of benzene rings is 1. The number of aromatic nitrogens is 4. The fraction of sp³-hybridized carbons (Fsp3) is 0.300. The van der Waals surface area contributed by atoms with E-state index in [1.54, 1.807) is 23.7 Å². The number of fused-ring (bicyclic) bond motifs is 2. The Morgan fingerprint density at radius 3 is 2.23 bits per heavy atom. The molecule has 0 aliphatic rings. The van der Waals surface area contributed by atoms with Crippen molar-refractivity contribution >= 4 is 33.7 Å². The number of aryl methyl sites for hydroxylation is 2. The number of pyridine rings is 1. The van der Waals surface area contributed by atoms with Crippen molar-refractivity contribution in [2.75, 3.05) is 5.75 Å². The van der Waals surface area contributed by atoms with E-state index < -0.39 is 23.7 Å². The van der Waals surface area contributed by atoms with E-state index in [1.807, 2.05) is 6.92 Å². The maximum Gasteiger partial charge on any atom is 0.433 e. The van der Waals surface area contributed by atoms with Crippen molar-refractivity contribution < 1.29 is 26.3 Å². The number of hydrogen-bond acceptors (Lipinski definition) is 3. The van der Waals surface area contributed by atoms with Crippen LogP contribution in [-0.4, -0.2) is 24.9 Å². The first-order chi connectivity index (χ1) is 14.4. The van der Waals surface area contributed by atoms with Gasteiger partial charge in [0.15, 0.2) is 0 Å². The number of alkyl halides is 6. The standard InChI is InChI=1S/C20H16F6N4S/c1-4-31-15-8-13-10(6-17(29(13)2)20(24,25)26)5-11(15)18-28-12-7-16(19(21,22)23)27-9-14(12)30(18)3/h5-9H,4H2,1-3H3. The molecule has 0 radical (unpaired) electrons. The van der Waals surface area contributed by atoms with Gasteiger partial charge in [-0.25, -0.2) is 9.97 Å². The van der Waals surface area contributed by atoms with Crippen LogP contribution >= 0.6 is 11.8 Å². The summed E-state index contributed by atoms with van der Waals surface area (Å²) in [7, 11) is 2.99. The van der Waals surface area contributed by atoms with Crippen molar-refractivity contribution in [2.24, 2.45) is 14.1 Å². The van der Waals surface area contributed by atoms with Crippen molar-refractivity contribution in [1.29, 1.82) is 0 Å². The fourth-order valence-electron chi connectivity index (χ4n) is 3.57. The van der Waals surface area contributed by atoms with Crippen molar-refractivity contribution in [3.8, 4) is 11.4 Å². The largest absolute Gasteiger partial charge is 0.433 e. The SMILES string of the molecule is CCSc1cc2c(cc1-c1nc3cc(C(F)(F)F)ncc3n1C)cc(C(F)(F)F)n2C. The van der Waals surface area contributed by atoms with Crippen molar-refractivity contribution in [3.05, 3.63) is 41.9 Å². The highest BCUT2D eigenvalue weighted by Gasteiger charge is 2.35. The molecule has 0 unspecified atom stereocenters. The topological polar surface area (TPSA) is 35.6 Å². The zero-order valence-corrected chi connectivity index (χ0v) is 17.4. The second-order valence-electron chi connectivity index (χ2n) is 6.98. The van der Waals surface area contributed by atoms with Gasteiger partial charge in [-0.3, -0.25) is 0 Å². The predicted octanol–water partition coefficient (Wildman–Crippen LogP) is 6.28. The second-order valence-corrected chi connectivity index (χ2v) is 8.28. The molecule has 0 amide bonds. The zero-order valence-electron chi connectivity index (χ0n) is 16.6. The van der Waals surface area contributed by atoms with Gasteiger partial charge in [0.2, 0.25) is 0 Å². The first-order valence-corrected chi connectivity index (χ1v) is 10.1. The monoisotopic (exact) mass is 458 g/mol. The van der Waals surface area contributed by atoms with Crippen LogP contribution in [-0.2, 0) is 26.4 Å². The van der Waals surface area contributed by atoms with Gasteiger partial charge in [-0.15, -0.1) is 11.8 Å². The van der Waals surface area contributed by atoms with Crippen LogP contribution in [0.4, 0.5) is 26.3 Å². The van der Waals surface area contributed by atoms with Gasteiger partial charge in [-0.2, -0.15) is 26.3 Å². The number of nitrogens with zero attached hydrogens (tertiary/aromatic N) is 4. The highest BCUT2D eigenvalue weighted by atomic mass is 32.2. The number of halogens is 6. The third-order valence-electron chi connectivity index (χ3n) is 5.03. The second kappa shape index (κ2) is 7.18. The van der Waals surface area contributed by atoms with E-state index >= 15 is 0 Å². The minimum Gasteiger partial charge on any atom is -0.340 e. The van der Waals surface area contributed by atoms with Crippen LogP contribution < -0.4 is 0 Å². The van der Waals surface area contributed by atoms with E-state index in [2.05, 4.69) is 9.97 Å². The van der Waals surface area contributed by atoms with Gasteiger partial charge in [0.1, 0.15) is 17.2 Å². The molecule has 0 saturated heterocycles. The van der Waals surface area contributed by atoms with Crippen LogP contribution in [0.15, 0.2) is 35.4 Å². The van der Waals surface area contributed by atoms with Crippen LogP contribution in [0.3, 0.4) is 0 Å². The van der Waals surface area contributed by atoms with Gasteiger partial charge in [0, 0.05) is 35.5 Å². The molecule has 0 aliphatic heterocycles. The number of hydrogen-bond donors (Lipinski definition) is 0. The number of imidazole rings is 1. The van der Waals surface area contributed by atoms with Crippen LogP contribution in [0.25, 0.3) is 33.3 Å². The third kappa shape index (κ3) is 3.64. The summed E-state index contributed by atoms with van der Waals surface area (Å²) in [6, 6.07) is 5.19. The molecule has 4 rings (SSSR count). The third-order valence-corrected chi connectivity index (χ3v) is 5.97. The molecule has 4 aromatic rings. The van der Waals surface area contributed by atoms with Gasteiger partial charge in [0.05, 0.1) is 17.2 Å². The van der Waals surface area contributed by atoms with Crippen molar-refractivity contribution in [2.45, 2.75) is 24.2 Å². The Bertz CT molecular complexity index is 1300. The van der Waals surface area contributed by atoms with E-state index in [4.69, 9.17) is 0 Å². The molecule has 3 heterocycles. The Kier molecular flexibility index (Phi) is 4.99. The first-order valence-electron chi connectivity index (χ1n) is 9.15. The van der Waals surface area contributed by atoms with Gasteiger partial charge in [-0.1, -0.05) is 6.92 Å². The van der Waals surface area contributed by atoms with Crippen LogP contribution in [0.1, 0.15) is 18.3 Å². The average molecular weight is 458 g/mol. The fourth-order valence-corrected chi connectivity index (χ4v) is 4.38. The molecule has 31 heavy (non-hydrogen) atoms. The van der Waals surface area contributed by atoms with Crippen LogP contribution in [0, 0.1) is 0 Å². The summed E-state index contributed by atoms with van der Waals surface area (Å²) in [4.78, 5) is 8.53. The van der Waals surface area contributed by atoms with Gasteiger partial charge >= 0.3 is 12.4 Å². The highest BCUT2D eigenvalue weighted by molar-refractivity contribution is 7.99. The summed E-state index contributed by atoms with van der Waals surface area (Å²) in [5, 5.41) is 0.367. The lowest BCUT2D eigenvalue weighted by atomic mass is 10.1. The lowest BCUT2D eigenvalue weighted by Crippen LogP contribution is -2.10. The predicted molar refractivity (Wildman–Crippen MR) is 107 cm³/mol. The molecule has 164 valence electrons. The van der Waals surface area contributed by atoms with Gasteiger partial charge in [-0.05, 0) is 30.0 Å². The Labute approximate surface area is 176 Å². The maximum absolute atomic E-state index is 13.4. The smallest absolute Gasteiger partial charge is 0.340 e. The lowest BCUT2D eigenvalue weighted by molar-refractivity contribution is -0.143. The van der Waals surface area contributed by atoms with E-state index in [9.17, 15) is 26.3 Å². The first kappa shape index (κ1) is 21.5. The maximum atomic E-state index is 13.4. The average Bonchev–Trinajstić information content (AvgIpc) is 3.18. The van der Waals surface area contributed by atoms with E-state index in [0.29, 0.717) is 38.5 Å². The lowest BCUT2D eigenvalue weighted by Gasteiger charge is -2.11. The van der Waals surface area contributed by atoms with Crippen molar-refractivity contribution in [3.63, 3.8) is 0 Å². The van der Waals surface area contributed by atoms with E-state index in [0.717, 1.165) is 22.9 Å². The summed E-state index contributed by atoms with van der Waals surface area (Å²) in [6.07, 6.45) is -8.01. The Hall–Kier alpha value is -2.69. The van der Waals surface area contributed by atoms with Gasteiger partial charge in [0.25, 0.3) is 0 Å².